The monoisotopic (exact) mass is 560 g/mol. The van der Waals surface area contributed by atoms with Gasteiger partial charge in [0.15, 0.2) is 5.78 Å². The standard InChI is InChI=1S/C29H33FN8O3/c1-38-15-29(30,18-11-16-5-6-17(16)18)26(27(38)40)25(39)12-19(32)20-3-2-4-21(35-20)22-7-8-34-28(36-22)37-23(13-31)24-14-41-10-9-33-24/h2-4,7-8,12-13,16-18,26H,5-6,9-11,14-15,31-32H2,1H3,(H,34,36,37)/t16?,17?,18?,26-,29?/m0/s1. The molecule has 0 spiro atoms. The maximum absolute atomic E-state index is 16.4. The molecule has 0 radical (unpaired) electrons. The van der Waals surface area contributed by atoms with E-state index in [4.69, 9.17) is 16.2 Å². The Bertz CT molecular complexity index is 1480. The first kappa shape index (κ1) is 27.0. The Labute approximate surface area is 237 Å². The molecule has 6 rings (SSSR count). The van der Waals surface area contributed by atoms with Crippen LogP contribution in [0.3, 0.4) is 0 Å². The van der Waals surface area contributed by atoms with E-state index in [2.05, 4.69) is 25.3 Å². The van der Waals surface area contributed by atoms with Crippen molar-refractivity contribution in [3.63, 3.8) is 0 Å². The van der Waals surface area contributed by atoms with Crippen LogP contribution in [0.15, 0.2) is 53.4 Å². The fraction of sp³-hybridized carbons (Fsp3) is 0.448. The first-order valence-corrected chi connectivity index (χ1v) is 13.8. The molecule has 2 aliphatic carbocycles. The van der Waals surface area contributed by atoms with Crippen molar-refractivity contribution in [3.8, 4) is 11.4 Å². The number of allylic oxidation sites excluding steroid dienone is 1. The SMILES string of the molecule is CN1CC(F)(C2CC3CCC32)[C@@H](C(=O)C=C(N)c2cccc(-c3ccnc(NC(=CN)C4=NCCOC4)n3)n2)C1=O. The summed E-state index contributed by atoms with van der Waals surface area (Å²) in [5.74, 6) is -1.70. The summed E-state index contributed by atoms with van der Waals surface area (Å²) >= 11 is 0. The minimum absolute atomic E-state index is 0.0488. The van der Waals surface area contributed by atoms with Crippen LogP contribution in [0, 0.1) is 23.7 Å². The summed E-state index contributed by atoms with van der Waals surface area (Å²) in [4.78, 5) is 45.4. The van der Waals surface area contributed by atoms with Crippen LogP contribution in [0.1, 0.15) is 25.0 Å². The molecule has 4 unspecified atom stereocenters. The van der Waals surface area contributed by atoms with Crippen molar-refractivity contribution in [3.05, 3.63) is 54.1 Å². The number of carbonyl (C=O) groups excluding carboxylic acids is 2. The van der Waals surface area contributed by atoms with Gasteiger partial charge in [0.05, 0.1) is 60.5 Å². The van der Waals surface area contributed by atoms with E-state index in [9.17, 15) is 9.59 Å². The zero-order valence-electron chi connectivity index (χ0n) is 22.8. The molecular weight excluding hydrogens is 527 g/mol. The van der Waals surface area contributed by atoms with Crippen molar-refractivity contribution >= 4 is 29.0 Å². The van der Waals surface area contributed by atoms with Crippen LogP contribution in [0.5, 0.6) is 0 Å². The molecule has 0 aromatic carbocycles. The summed E-state index contributed by atoms with van der Waals surface area (Å²) in [6.45, 7) is 1.37. The second-order valence-electron chi connectivity index (χ2n) is 11.2. The lowest BCUT2D eigenvalue weighted by Crippen LogP contribution is -2.58. The fourth-order valence-corrected chi connectivity index (χ4v) is 6.49. The second-order valence-corrected chi connectivity index (χ2v) is 11.2. The molecule has 12 heteroatoms. The number of ketones is 1. The van der Waals surface area contributed by atoms with E-state index in [0.29, 0.717) is 54.2 Å². The third-order valence-electron chi connectivity index (χ3n) is 8.80. The average Bonchev–Trinajstić information content (AvgIpc) is 3.21. The minimum atomic E-state index is -1.88. The number of fused-ring (bicyclic) bond motifs is 1. The smallest absolute Gasteiger partial charge is 0.236 e. The van der Waals surface area contributed by atoms with E-state index in [1.165, 1.54) is 11.1 Å². The van der Waals surface area contributed by atoms with Crippen molar-refractivity contribution in [1.82, 2.24) is 19.9 Å². The molecule has 0 bridgehead atoms. The zero-order chi connectivity index (χ0) is 28.7. The number of aromatic nitrogens is 3. The number of pyridine rings is 1. The molecule has 4 heterocycles. The maximum Gasteiger partial charge on any atom is 0.236 e. The second kappa shape index (κ2) is 10.7. The number of anilines is 1. The van der Waals surface area contributed by atoms with E-state index in [0.717, 1.165) is 25.3 Å². The predicted octanol–water partition coefficient (Wildman–Crippen LogP) is 1.93. The number of nitrogens with zero attached hydrogens (tertiary/aromatic N) is 5. The molecule has 3 fully saturated rings. The summed E-state index contributed by atoms with van der Waals surface area (Å²) < 4.78 is 21.9. The van der Waals surface area contributed by atoms with Crippen molar-refractivity contribution in [2.24, 2.45) is 40.1 Å². The molecule has 41 heavy (non-hydrogen) atoms. The molecule has 1 amide bonds. The van der Waals surface area contributed by atoms with E-state index < -0.39 is 23.3 Å². The van der Waals surface area contributed by atoms with Gasteiger partial charge in [-0.1, -0.05) is 6.07 Å². The van der Waals surface area contributed by atoms with Gasteiger partial charge in [0.25, 0.3) is 0 Å². The van der Waals surface area contributed by atoms with E-state index in [1.807, 2.05) is 0 Å². The zero-order valence-corrected chi connectivity index (χ0v) is 22.8. The summed E-state index contributed by atoms with van der Waals surface area (Å²) in [6.07, 6.45) is 6.91. The molecule has 2 aromatic rings. The van der Waals surface area contributed by atoms with Gasteiger partial charge in [-0.15, -0.1) is 0 Å². The highest BCUT2D eigenvalue weighted by atomic mass is 19.1. The van der Waals surface area contributed by atoms with Crippen LogP contribution in [0.2, 0.25) is 0 Å². The van der Waals surface area contributed by atoms with Gasteiger partial charge < -0.3 is 26.4 Å². The number of amides is 1. The number of likely N-dealkylation sites (tertiary alicyclic amines) is 1. The first-order valence-electron chi connectivity index (χ1n) is 13.8. The number of hydrogen-bond acceptors (Lipinski definition) is 10. The number of ether oxygens (including phenoxy) is 1. The van der Waals surface area contributed by atoms with Crippen molar-refractivity contribution in [1.29, 1.82) is 0 Å². The summed E-state index contributed by atoms with van der Waals surface area (Å²) in [5, 5.41) is 3.07. The molecule has 2 saturated carbocycles. The number of halogens is 1. The number of nitrogens with one attached hydrogen (secondary N) is 1. The van der Waals surface area contributed by atoms with Crippen molar-refractivity contribution in [2.75, 3.05) is 38.7 Å². The molecule has 1 saturated heterocycles. The van der Waals surface area contributed by atoms with Crippen LogP contribution < -0.4 is 16.8 Å². The van der Waals surface area contributed by atoms with Gasteiger partial charge in [0.2, 0.25) is 11.9 Å². The van der Waals surface area contributed by atoms with Gasteiger partial charge in [0, 0.05) is 25.5 Å². The summed E-state index contributed by atoms with van der Waals surface area (Å²) in [5.41, 5.74) is 12.8. The van der Waals surface area contributed by atoms with Crippen LogP contribution >= 0.6 is 0 Å². The molecular formula is C29H33FN8O3. The van der Waals surface area contributed by atoms with Gasteiger partial charge in [-0.25, -0.2) is 19.3 Å². The Hall–Kier alpha value is -4.19. The highest BCUT2D eigenvalue weighted by molar-refractivity contribution is 6.11. The largest absolute Gasteiger partial charge is 0.403 e. The third-order valence-corrected chi connectivity index (χ3v) is 8.80. The van der Waals surface area contributed by atoms with Crippen molar-refractivity contribution in [2.45, 2.75) is 24.9 Å². The molecule has 214 valence electrons. The molecule has 5 N–H and O–H groups in total. The van der Waals surface area contributed by atoms with E-state index in [1.54, 1.807) is 37.5 Å². The fourth-order valence-electron chi connectivity index (χ4n) is 6.49. The Morgan fingerprint density at radius 1 is 1.24 bits per heavy atom. The number of alkyl halides is 1. The average molecular weight is 561 g/mol. The van der Waals surface area contributed by atoms with Crippen molar-refractivity contribution < 1.29 is 18.7 Å². The lowest BCUT2D eigenvalue weighted by atomic mass is 9.48. The quantitative estimate of drug-likeness (QED) is 0.324. The van der Waals surface area contributed by atoms with Crippen LogP contribution in [0.25, 0.3) is 17.1 Å². The summed E-state index contributed by atoms with van der Waals surface area (Å²) in [7, 11) is 1.55. The molecule has 11 nitrogen and oxygen atoms in total. The van der Waals surface area contributed by atoms with Gasteiger partial charge >= 0.3 is 0 Å². The van der Waals surface area contributed by atoms with Crippen LogP contribution in [-0.2, 0) is 14.3 Å². The molecule has 4 aliphatic rings. The lowest BCUT2D eigenvalue weighted by molar-refractivity contribution is -0.148. The van der Waals surface area contributed by atoms with Gasteiger partial charge in [-0.2, -0.15) is 0 Å². The van der Waals surface area contributed by atoms with Gasteiger partial charge in [0.1, 0.15) is 11.6 Å². The number of aliphatic imine (C=N–C) groups is 1. The third kappa shape index (κ3) is 4.86. The topological polar surface area (TPSA) is 162 Å². The minimum Gasteiger partial charge on any atom is -0.403 e. The van der Waals surface area contributed by atoms with Crippen LogP contribution in [0.4, 0.5) is 10.3 Å². The number of nitrogens with two attached hydrogens (primary N) is 2. The lowest BCUT2D eigenvalue weighted by Gasteiger charge is -2.57. The Morgan fingerprint density at radius 2 is 2.07 bits per heavy atom. The number of rotatable bonds is 8. The van der Waals surface area contributed by atoms with E-state index >= 15 is 4.39 Å². The highest BCUT2D eigenvalue weighted by Gasteiger charge is 2.65. The molecule has 2 aromatic heterocycles. The highest BCUT2D eigenvalue weighted by Crippen LogP contribution is 2.61. The van der Waals surface area contributed by atoms with E-state index in [-0.39, 0.29) is 30.0 Å². The van der Waals surface area contributed by atoms with Gasteiger partial charge in [-0.05, 0) is 55.2 Å². The maximum atomic E-state index is 16.4. The normalized spacial score (nSPS) is 29.8. The Kier molecular flexibility index (Phi) is 7.02. The Balaban J connectivity index is 1.21. The van der Waals surface area contributed by atoms with Gasteiger partial charge in [-0.3, -0.25) is 14.6 Å². The first-order chi connectivity index (χ1) is 19.8. The predicted molar refractivity (Wildman–Crippen MR) is 151 cm³/mol. The summed E-state index contributed by atoms with van der Waals surface area (Å²) in [6, 6.07) is 6.81. The number of carbonyl (C=O) groups is 2. The van der Waals surface area contributed by atoms with Crippen LogP contribution in [-0.4, -0.2) is 76.3 Å². The molecule has 5 atom stereocenters. The number of hydrogen-bond donors (Lipinski definition) is 3. The molecule has 2 aliphatic heterocycles. The Morgan fingerprint density at radius 3 is 2.76 bits per heavy atom.